The number of methoxy groups -OCH3 is 1. The van der Waals surface area contributed by atoms with Crippen LogP contribution >= 0.6 is 0 Å². The van der Waals surface area contributed by atoms with Gasteiger partial charge in [0.15, 0.2) is 0 Å². The number of hydrogen-bond acceptors (Lipinski definition) is 5. The minimum atomic E-state index is -1.04. The Balaban J connectivity index is 2.06. The van der Waals surface area contributed by atoms with E-state index in [-0.39, 0.29) is 5.91 Å². The molecule has 0 radical (unpaired) electrons. The van der Waals surface area contributed by atoms with Crippen LogP contribution in [0.25, 0.3) is 6.08 Å². The van der Waals surface area contributed by atoms with Crippen LogP contribution in [0.3, 0.4) is 0 Å². The quantitative estimate of drug-likeness (QED) is 0.817. The van der Waals surface area contributed by atoms with E-state index in [0.717, 1.165) is 6.08 Å². The zero-order chi connectivity index (χ0) is 15.9. The third-order valence-corrected chi connectivity index (χ3v) is 2.66. The average Bonchev–Trinajstić information content (AvgIpc) is 2.54. The second-order valence-electron chi connectivity index (χ2n) is 4.22. The topological polar surface area (TPSA) is 101 Å². The van der Waals surface area contributed by atoms with Gasteiger partial charge in [-0.1, -0.05) is 0 Å². The summed E-state index contributed by atoms with van der Waals surface area (Å²) in [7, 11) is 1.49. The molecule has 0 bridgehead atoms. The molecule has 1 amide bonds. The lowest BCUT2D eigenvalue weighted by atomic mass is 10.2. The molecular formula is C15H13N3O4. The molecular weight excluding hydrogens is 286 g/mol. The number of carbonyl (C=O) groups is 2. The molecule has 0 aliphatic heterocycles. The highest BCUT2D eigenvalue weighted by Gasteiger charge is 2.08. The highest BCUT2D eigenvalue weighted by atomic mass is 16.5. The lowest BCUT2D eigenvalue weighted by molar-refractivity contribution is -0.131. The Morgan fingerprint density at radius 2 is 2.09 bits per heavy atom. The van der Waals surface area contributed by atoms with E-state index in [2.05, 4.69) is 15.3 Å². The van der Waals surface area contributed by atoms with Crippen LogP contribution in [0.15, 0.2) is 42.9 Å². The smallest absolute Gasteiger partial charge is 0.328 e. The van der Waals surface area contributed by atoms with Crippen molar-refractivity contribution in [3.8, 4) is 5.75 Å². The molecule has 7 heteroatoms. The first kappa shape index (κ1) is 15.2. The molecule has 0 spiro atoms. The third-order valence-electron chi connectivity index (χ3n) is 2.66. The van der Waals surface area contributed by atoms with Crippen LogP contribution in [0.2, 0.25) is 0 Å². The molecule has 2 N–H and O–H groups in total. The van der Waals surface area contributed by atoms with Crippen LogP contribution in [-0.2, 0) is 4.79 Å². The maximum absolute atomic E-state index is 12.0. The van der Waals surface area contributed by atoms with E-state index >= 15 is 0 Å². The molecule has 2 rings (SSSR count). The molecule has 2 aromatic rings. The summed E-state index contributed by atoms with van der Waals surface area (Å²) in [6.45, 7) is 0. The van der Waals surface area contributed by atoms with Crippen LogP contribution in [0.1, 0.15) is 15.9 Å². The zero-order valence-corrected chi connectivity index (χ0v) is 11.7. The number of hydrogen-bond donors (Lipinski definition) is 2. The SMILES string of the molecule is COc1cncc(C(=O)Nc2ccc(/C=C/C(=O)O)cn2)c1. The van der Waals surface area contributed by atoms with Crippen LogP contribution < -0.4 is 10.1 Å². The number of amides is 1. The van der Waals surface area contributed by atoms with E-state index < -0.39 is 5.97 Å². The molecule has 0 unspecified atom stereocenters. The number of carboxylic acids is 1. The van der Waals surface area contributed by atoms with Gasteiger partial charge in [0, 0.05) is 18.5 Å². The summed E-state index contributed by atoms with van der Waals surface area (Å²) < 4.78 is 5.00. The standard InChI is InChI=1S/C15H13N3O4/c1-22-12-6-11(8-16-9-12)15(21)18-13-4-2-10(7-17-13)3-5-14(19)20/h2-9H,1H3,(H,19,20)(H,17,18,21)/b5-3+. The van der Waals surface area contributed by atoms with Crippen molar-refractivity contribution >= 4 is 23.8 Å². The molecule has 7 nitrogen and oxygen atoms in total. The fraction of sp³-hybridized carbons (Fsp3) is 0.0667. The number of aliphatic carboxylic acids is 1. The first-order chi connectivity index (χ1) is 10.6. The number of pyridine rings is 2. The maximum atomic E-state index is 12.0. The highest BCUT2D eigenvalue weighted by molar-refractivity contribution is 6.03. The predicted octanol–water partition coefficient (Wildman–Crippen LogP) is 1.84. The molecule has 0 aliphatic carbocycles. The van der Waals surface area contributed by atoms with Gasteiger partial charge < -0.3 is 15.2 Å². The van der Waals surface area contributed by atoms with E-state index in [9.17, 15) is 9.59 Å². The van der Waals surface area contributed by atoms with Crippen LogP contribution in [0, 0.1) is 0 Å². The number of aromatic nitrogens is 2. The Hall–Kier alpha value is -3.22. The molecule has 112 valence electrons. The van der Waals surface area contributed by atoms with Crippen molar-refractivity contribution in [1.29, 1.82) is 0 Å². The summed E-state index contributed by atoms with van der Waals surface area (Å²) in [5.41, 5.74) is 0.958. The second kappa shape index (κ2) is 6.98. The van der Waals surface area contributed by atoms with Crippen molar-refractivity contribution in [2.75, 3.05) is 12.4 Å². The van der Waals surface area contributed by atoms with Gasteiger partial charge in [0.25, 0.3) is 5.91 Å². The number of ether oxygens (including phenoxy) is 1. The summed E-state index contributed by atoms with van der Waals surface area (Å²) in [5, 5.41) is 11.2. The Kier molecular flexibility index (Phi) is 4.81. The summed E-state index contributed by atoms with van der Waals surface area (Å²) in [4.78, 5) is 30.4. The average molecular weight is 299 g/mol. The Morgan fingerprint density at radius 3 is 2.73 bits per heavy atom. The van der Waals surface area contributed by atoms with E-state index in [4.69, 9.17) is 9.84 Å². The molecule has 2 aromatic heterocycles. The Bertz CT molecular complexity index is 711. The van der Waals surface area contributed by atoms with Gasteiger partial charge in [0.05, 0.1) is 18.9 Å². The molecule has 0 saturated heterocycles. The first-order valence-electron chi connectivity index (χ1n) is 6.26. The third kappa shape index (κ3) is 4.14. The van der Waals surface area contributed by atoms with Gasteiger partial charge >= 0.3 is 5.97 Å². The Labute approximate surface area is 126 Å². The van der Waals surface area contributed by atoms with E-state index in [1.165, 1.54) is 31.8 Å². The number of nitrogens with one attached hydrogen (secondary N) is 1. The van der Waals surface area contributed by atoms with Crippen molar-refractivity contribution in [3.63, 3.8) is 0 Å². The second-order valence-corrected chi connectivity index (χ2v) is 4.22. The number of anilines is 1. The largest absolute Gasteiger partial charge is 0.495 e. The van der Waals surface area contributed by atoms with Crippen molar-refractivity contribution in [3.05, 3.63) is 54.0 Å². The van der Waals surface area contributed by atoms with E-state index in [1.54, 1.807) is 18.2 Å². The van der Waals surface area contributed by atoms with E-state index in [0.29, 0.717) is 22.7 Å². The normalized spacial score (nSPS) is 10.4. The van der Waals surface area contributed by atoms with Gasteiger partial charge in [-0.15, -0.1) is 0 Å². The van der Waals surface area contributed by atoms with Gasteiger partial charge in [0.2, 0.25) is 0 Å². The first-order valence-corrected chi connectivity index (χ1v) is 6.26. The van der Waals surface area contributed by atoms with Gasteiger partial charge in [-0.2, -0.15) is 0 Å². The lowest BCUT2D eigenvalue weighted by Crippen LogP contribution is -2.13. The predicted molar refractivity (Wildman–Crippen MR) is 79.6 cm³/mol. The summed E-state index contributed by atoms with van der Waals surface area (Å²) >= 11 is 0. The van der Waals surface area contributed by atoms with Gasteiger partial charge in [0.1, 0.15) is 11.6 Å². The minimum Gasteiger partial charge on any atom is -0.495 e. The van der Waals surface area contributed by atoms with Crippen LogP contribution in [0.5, 0.6) is 5.75 Å². The number of rotatable bonds is 5. The van der Waals surface area contributed by atoms with Crippen molar-refractivity contribution in [2.45, 2.75) is 0 Å². The van der Waals surface area contributed by atoms with Crippen LogP contribution in [-0.4, -0.2) is 34.1 Å². The summed E-state index contributed by atoms with van der Waals surface area (Å²) in [6, 6.07) is 4.78. The highest BCUT2D eigenvalue weighted by Crippen LogP contribution is 2.13. The van der Waals surface area contributed by atoms with Crippen molar-refractivity contribution < 1.29 is 19.4 Å². The van der Waals surface area contributed by atoms with Crippen molar-refractivity contribution in [2.24, 2.45) is 0 Å². The Morgan fingerprint density at radius 1 is 1.27 bits per heavy atom. The van der Waals surface area contributed by atoms with Gasteiger partial charge in [-0.25, -0.2) is 9.78 Å². The monoisotopic (exact) mass is 299 g/mol. The summed E-state index contributed by atoms with van der Waals surface area (Å²) in [5.74, 6) is -0.578. The number of carbonyl (C=O) groups excluding carboxylic acids is 1. The van der Waals surface area contributed by atoms with Gasteiger partial charge in [-0.3, -0.25) is 9.78 Å². The molecule has 22 heavy (non-hydrogen) atoms. The zero-order valence-electron chi connectivity index (χ0n) is 11.7. The maximum Gasteiger partial charge on any atom is 0.328 e. The van der Waals surface area contributed by atoms with Crippen molar-refractivity contribution in [1.82, 2.24) is 9.97 Å². The number of nitrogens with zero attached hydrogens (tertiary/aromatic N) is 2. The van der Waals surface area contributed by atoms with Crippen LogP contribution in [0.4, 0.5) is 5.82 Å². The molecule has 0 fully saturated rings. The minimum absolute atomic E-state index is 0.344. The van der Waals surface area contributed by atoms with Gasteiger partial charge in [-0.05, 0) is 29.8 Å². The fourth-order valence-electron chi connectivity index (χ4n) is 1.59. The molecule has 0 aromatic carbocycles. The van der Waals surface area contributed by atoms with E-state index in [1.807, 2.05) is 0 Å². The molecule has 0 atom stereocenters. The molecule has 0 saturated carbocycles. The molecule has 0 aliphatic rings. The fourth-order valence-corrected chi connectivity index (χ4v) is 1.59. The lowest BCUT2D eigenvalue weighted by Gasteiger charge is -2.05. The number of carboxylic acid groups (broad SMARTS) is 1. The molecule has 2 heterocycles. The summed E-state index contributed by atoms with van der Waals surface area (Å²) in [6.07, 6.45) is 6.80.